The predicted octanol–water partition coefficient (Wildman–Crippen LogP) is 2.22. The molecule has 1 heterocycles. The molecular weight excluding hydrogens is 216 g/mol. The summed E-state index contributed by atoms with van der Waals surface area (Å²) >= 11 is 0. The van der Waals surface area contributed by atoms with Crippen LogP contribution in [-0.2, 0) is 11.2 Å². The summed E-state index contributed by atoms with van der Waals surface area (Å²) in [6.07, 6.45) is 2.41. The van der Waals surface area contributed by atoms with E-state index in [1.807, 2.05) is 37.3 Å². The zero-order valence-electron chi connectivity index (χ0n) is 9.88. The molecule has 1 aromatic carbocycles. The van der Waals surface area contributed by atoms with E-state index in [-0.39, 0.29) is 5.97 Å². The molecule has 4 nitrogen and oxygen atoms in total. The number of para-hydroxylation sites is 1. The lowest BCUT2D eigenvalue weighted by Gasteiger charge is -1.98. The van der Waals surface area contributed by atoms with Crippen LogP contribution in [-0.4, -0.2) is 22.9 Å². The van der Waals surface area contributed by atoms with E-state index < -0.39 is 0 Å². The van der Waals surface area contributed by atoms with E-state index in [1.165, 1.54) is 7.11 Å². The molecule has 0 N–H and O–H groups in total. The van der Waals surface area contributed by atoms with Crippen LogP contribution in [0.4, 0.5) is 0 Å². The number of esters is 1. The number of methoxy groups -OCH3 is 1. The Morgan fingerprint density at radius 3 is 2.65 bits per heavy atom. The molecule has 0 aliphatic carbocycles. The Kier molecular flexibility index (Phi) is 3.23. The van der Waals surface area contributed by atoms with E-state index in [2.05, 4.69) is 5.10 Å². The van der Waals surface area contributed by atoms with Crippen molar-refractivity contribution in [1.82, 2.24) is 9.78 Å². The van der Waals surface area contributed by atoms with Crippen molar-refractivity contribution in [2.45, 2.75) is 13.3 Å². The molecule has 0 fully saturated rings. The second-order valence-electron chi connectivity index (χ2n) is 3.61. The average Bonchev–Trinajstić information content (AvgIpc) is 2.83. The van der Waals surface area contributed by atoms with Gasteiger partial charge in [-0.15, -0.1) is 0 Å². The highest BCUT2D eigenvalue weighted by molar-refractivity contribution is 5.90. The van der Waals surface area contributed by atoms with Crippen molar-refractivity contribution < 1.29 is 9.53 Å². The zero-order chi connectivity index (χ0) is 12.3. The maximum absolute atomic E-state index is 11.6. The third kappa shape index (κ3) is 2.20. The van der Waals surface area contributed by atoms with Gasteiger partial charge < -0.3 is 4.74 Å². The first kappa shape index (κ1) is 11.4. The lowest BCUT2D eigenvalue weighted by molar-refractivity contribution is 0.0599. The molecule has 2 aromatic rings. The van der Waals surface area contributed by atoms with Crippen LogP contribution < -0.4 is 0 Å². The van der Waals surface area contributed by atoms with Crippen molar-refractivity contribution in [1.29, 1.82) is 0 Å². The molecule has 4 heteroatoms. The fourth-order valence-corrected chi connectivity index (χ4v) is 1.66. The van der Waals surface area contributed by atoms with Gasteiger partial charge in [0.2, 0.25) is 0 Å². The van der Waals surface area contributed by atoms with Crippen LogP contribution in [0.3, 0.4) is 0 Å². The Hall–Kier alpha value is -2.10. The number of rotatable bonds is 3. The first-order chi connectivity index (χ1) is 8.26. The molecule has 0 atom stereocenters. The summed E-state index contributed by atoms with van der Waals surface area (Å²) in [6.45, 7) is 1.96. The third-order valence-electron chi connectivity index (χ3n) is 2.55. The van der Waals surface area contributed by atoms with Crippen molar-refractivity contribution in [3.63, 3.8) is 0 Å². The number of carbonyl (C=O) groups excluding carboxylic acids is 1. The first-order valence-electron chi connectivity index (χ1n) is 5.48. The summed E-state index contributed by atoms with van der Waals surface area (Å²) in [6, 6.07) is 9.68. The fourth-order valence-electron chi connectivity index (χ4n) is 1.66. The van der Waals surface area contributed by atoms with Gasteiger partial charge >= 0.3 is 5.97 Å². The monoisotopic (exact) mass is 230 g/mol. The number of hydrogen-bond acceptors (Lipinski definition) is 3. The molecule has 0 amide bonds. The van der Waals surface area contributed by atoms with Gasteiger partial charge in [0.05, 0.1) is 18.5 Å². The van der Waals surface area contributed by atoms with Gasteiger partial charge in [-0.2, -0.15) is 5.10 Å². The van der Waals surface area contributed by atoms with Gasteiger partial charge in [-0.05, 0) is 18.6 Å². The lowest BCUT2D eigenvalue weighted by atomic mass is 10.2. The molecule has 88 valence electrons. The minimum absolute atomic E-state index is 0.343. The van der Waals surface area contributed by atoms with Crippen molar-refractivity contribution in [2.75, 3.05) is 7.11 Å². The van der Waals surface area contributed by atoms with Crippen LogP contribution in [0.5, 0.6) is 0 Å². The molecular formula is C13H14N2O2. The molecule has 0 saturated carbocycles. The van der Waals surface area contributed by atoms with Crippen molar-refractivity contribution >= 4 is 5.97 Å². The van der Waals surface area contributed by atoms with Gasteiger partial charge in [0, 0.05) is 6.20 Å². The number of hydrogen-bond donors (Lipinski definition) is 0. The molecule has 0 aliphatic rings. The maximum atomic E-state index is 11.6. The van der Waals surface area contributed by atoms with Gasteiger partial charge in [0.25, 0.3) is 0 Å². The third-order valence-corrected chi connectivity index (χ3v) is 2.55. The number of nitrogens with zero attached hydrogens (tertiary/aromatic N) is 2. The van der Waals surface area contributed by atoms with Crippen molar-refractivity contribution in [3.05, 3.63) is 47.8 Å². The number of aryl methyl sites for hydroxylation is 1. The largest absolute Gasteiger partial charge is 0.465 e. The number of aromatic nitrogens is 2. The van der Waals surface area contributed by atoms with E-state index in [4.69, 9.17) is 4.74 Å². The second kappa shape index (κ2) is 4.82. The number of benzene rings is 1. The Balaban J connectivity index is 2.45. The predicted molar refractivity (Wildman–Crippen MR) is 64.3 cm³/mol. The van der Waals surface area contributed by atoms with Gasteiger partial charge in [-0.1, -0.05) is 25.1 Å². The molecule has 2 rings (SSSR count). The highest BCUT2D eigenvalue weighted by atomic mass is 16.5. The highest BCUT2D eigenvalue weighted by Crippen LogP contribution is 2.13. The summed E-state index contributed by atoms with van der Waals surface area (Å²) < 4.78 is 6.44. The quantitative estimate of drug-likeness (QED) is 0.759. The van der Waals surface area contributed by atoms with Gasteiger partial charge in [0.15, 0.2) is 0 Å². The summed E-state index contributed by atoms with van der Waals surface area (Å²) in [7, 11) is 1.38. The van der Waals surface area contributed by atoms with Crippen LogP contribution >= 0.6 is 0 Å². The Labute approximate surface area is 99.8 Å². The van der Waals surface area contributed by atoms with Crippen LogP contribution in [0.15, 0.2) is 36.5 Å². The Morgan fingerprint density at radius 2 is 2.06 bits per heavy atom. The lowest BCUT2D eigenvalue weighted by Crippen LogP contribution is -2.02. The topological polar surface area (TPSA) is 44.1 Å². The minimum atomic E-state index is -0.343. The van der Waals surface area contributed by atoms with Crippen molar-refractivity contribution in [2.24, 2.45) is 0 Å². The molecule has 0 unspecified atom stereocenters. The standard InChI is InChI=1S/C13H14N2O2/c1-3-12-11(13(16)17-2)9-15(14-12)10-7-5-4-6-8-10/h4-9H,3H2,1-2H3. The molecule has 0 saturated heterocycles. The van der Waals surface area contributed by atoms with E-state index in [0.29, 0.717) is 12.0 Å². The van der Waals surface area contributed by atoms with Gasteiger partial charge in [0.1, 0.15) is 5.56 Å². The fraction of sp³-hybridized carbons (Fsp3) is 0.231. The second-order valence-corrected chi connectivity index (χ2v) is 3.61. The molecule has 0 bridgehead atoms. The molecule has 1 aromatic heterocycles. The Bertz CT molecular complexity index is 517. The minimum Gasteiger partial charge on any atom is -0.465 e. The average molecular weight is 230 g/mol. The maximum Gasteiger partial charge on any atom is 0.341 e. The van der Waals surface area contributed by atoms with Crippen LogP contribution in [0.25, 0.3) is 5.69 Å². The smallest absolute Gasteiger partial charge is 0.341 e. The first-order valence-corrected chi connectivity index (χ1v) is 5.48. The summed E-state index contributed by atoms with van der Waals surface area (Å²) in [5.41, 5.74) is 2.21. The Morgan fingerprint density at radius 1 is 1.35 bits per heavy atom. The van der Waals surface area contributed by atoms with E-state index in [1.54, 1.807) is 10.9 Å². The molecule has 0 spiro atoms. The highest BCUT2D eigenvalue weighted by Gasteiger charge is 2.15. The summed E-state index contributed by atoms with van der Waals surface area (Å²) in [5.74, 6) is -0.343. The molecule has 17 heavy (non-hydrogen) atoms. The number of carbonyl (C=O) groups is 1. The van der Waals surface area contributed by atoms with Crippen molar-refractivity contribution in [3.8, 4) is 5.69 Å². The summed E-state index contributed by atoms with van der Waals surface area (Å²) in [5, 5.41) is 4.38. The van der Waals surface area contributed by atoms with E-state index in [9.17, 15) is 4.79 Å². The summed E-state index contributed by atoms with van der Waals surface area (Å²) in [4.78, 5) is 11.6. The zero-order valence-corrected chi connectivity index (χ0v) is 9.88. The van der Waals surface area contributed by atoms with E-state index in [0.717, 1.165) is 11.4 Å². The molecule has 0 aliphatic heterocycles. The SMILES string of the molecule is CCc1nn(-c2ccccc2)cc1C(=O)OC. The van der Waals surface area contributed by atoms with E-state index >= 15 is 0 Å². The normalized spacial score (nSPS) is 10.2. The van der Waals surface area contributed by atoms with Crippen LogP contribution in [0, 0.1) is 0 Å². The van der Waals surface area contributed by atoms with Gasteiger partial charge in [-0.25, -0.2) is 9.48 Å². The van der Waals surface area contributed by atoms with Gasteiger partial charge in [-0.3, -0.25) is 0 Å². The molecule has 0 radical (unpaired) electrons. The van der Waals surface area contributed by atoms with Crippen LogP contribution in [0.1, 0.15) is 23.0 Å². The van der Waals surface area contributed by atoms with Crippen LogP contribution in [0.2, 0.25) is 0 Å². The number of ether oxygens (including phenoxy) is 1.